The SMILES string of the molecule is CC(=O)c1ccc(OC(=O)[C@H]2CCCCN2S(=O)(=O)c2ccccc2)cc1. The molecule has 1 aliphatic heterocycles. The number of ether oxygens (including phenoxy) is 1. The molecule has 1 atom stereocenters. The van der Waals surface area contributed by atoms with E-state index in [1.165, 1.54) is 35.5 Å². The number of carbonyl (C=O) groups excluding carboxylic acids is 2. The highest BCUT2D eigenvalue weighted by molar-refractivity contribution is 7.89. The van der Waals surface area contributed by atoms with Crippen LogP contribution in [0.25, 0.3) is 0 Å². The molecule has 142 valence electrons. The summed E-state index contributed by atoms with van der Waals surface area (Å²) in [7, 11) is -3.78. The smallest absolute Gasteiger partial charge is 0.329 e. The molecule has 0 saturated carbocycles. The first-order chi connectivity index (χ1) is 12.9. The van der Waals surface area contributed by atoms with Crippen molar-refractivity contribution < 1.29 is 22.7 Å². The van der Waals surface area contributed by atoms with Crippen LogP contribution in [0.4, 0.5) is 0 Å². The second kappa shape index (κ2) is 8.02. The number of esters is 1. The van der Waals surface area contributed by atoms with Gasteiger partial charge in [-0.05, 0) is 62.6 Å². The normalized spacial score (nSPS) is 18.0. The molecule has 0 radical (unpaired) electrons. The van der Waals surface area contributed by atoms with Crippen LogP contribution in [-0.2, 0) is 14.8 Å². The Morgan fingerprint density at radius 3 is 2.30 bits per heavy atom. The number of carbonyl (C=O) groups is 2. The van der Waals surface area contributed by atoms with Crippen molar-refractivity contribution in [2.75, 3.05) is 6.54 Å². The van der Waals surface area contributed by atoms with Crippen LogP contribution in [-0.4, -0.2) is 37.1 Å². The molecular weight excluding hydrogens is 366 g/mol. The number of nitrogens with zero attached hydrogens (tertiary/aromatic N) is 1. The maximum absolute atomic E-state index is 13.0. The van der Waals surface area contributed by atoms with Gasteiger partial charge >= 0.3 is 5.97 Å². The second-order valence-corrected chi connectivity index (χ2v) is 8.33. The van der Waals surface area contributed by atoms with Gasteiger partial charge in [-0.15, -0.1) is 0 Å². The molecule has 6 nitrogen and oxygen atoms in total. The van der Waals surface area contributed by atoms with E-state index in [0.29, 0.717) is 18.4 Å². The van der Waals surface area contributed by atoms with Gasteiger partial charge in [0.15, 0.2) is 5.78 Å². The quantitative estimate of drug-likeness (QED) is 0.447. The van der Waals surface area contributed by atoms with Gasteiger partial charge in [0, 0.05) is 12.1 Å². The summed E-state index contributed by atoms with van der Waals surface area (Å²) in [5.74, 6) is -0.405. The number of sulfonamides is 1. The van der Waals surface area contributed by atoms with Gasteiger partial charge in [-0.2, -0.15) is 4.31 Å². The van der Waals surface area contributed by atoms with E-state index in [1.54, 1.807) is 30.3 Å². The number of ketones is 1. The fourth-order valence-corrected chi connectivity index (χ4v) is 4.77. The van der Waals surface area contributed by atoms with Crippen molar-refractivity contribution in [3.63, 3.8) is 0 Å². The molecule has 0 spiro atoms. The van der Waals surface area contributed by atoms with Crippen molar-refractivity contribution in [2.24, 2.45) is 0 Å². The van der Waals surface area contributed by atoms with Gasteiger partial charge in [0.05, 0.1) is 4.90 Å². The predicted molar refractivity (Wildman–Crippen MR) is 100 cm³/mol. The van der Waals surface area contributed by atoms with E-state index in [9.17, 15) is 18.0 Å². The van der Waals surface area contributed by atoms with Gasteiger partial charge in [0.2, 0.25) is 10.0 Å². The number of Topliss-reactive ketones (excluding diaryl/α,β-unsaturated/α-hetero) is 1. The third kappa shape index (κ3) is 4.26. The van der Waals surface area contributed by atoms with Crippen LogP contribution in [0.1, 0.15) is 36.5 Å². The summed E-state index contributed by atoms with van der Waals surface area (Å²) in [6, 6.07) is 13.4. The van der Waals surface area contributed by atoms with Crippen LogP contribution in [0, 0.1) is 0 Å². The maximum atomic E-state index is 13.0. The first-order valence-corrected chi connectivity index (χ1v) is 10.2. The molecule has 0 unspecified atom stereocenters. The van der Waals surface area contributed by atoms with Crippen molar-refractivity contribution in [1.82, 2.24) is 4.31 Å². The molecular formula is C20H21NO5S. The number of hydrogen-bond donors (Lipinski definition) is 0. The van der Waals surface area contributed by atoms with Gasteiger partial charge in [-0.25, -0.2) is 13.2 Å². The highest BCUT2D eigenvalue weighted by Crippen LogP contribution is 2.26. The van der Waals surface area contributed by atoms with Crippen molar-refractivity contribution in [1.29, 1.82) is 0 Å². The minimum Gasteiger partial charge on any atom is -0.425 e. The lowest BCUT2D eigenvalue weighted by atomic mass is 10.1. The lowest BCUT2D eigenvalue weighted by Crippen LogP contribution is -2.49. The standard InChI is InChI=1S/C20H21NO5S/c1-15(22)16-10-12-17(13-11-16)26-20(23)19-9-5-6-14-21(19)27(24,25)18-7-3-2-4-8-18/h2-4,7-8,10-13,19H,5-6,9,14H2,1H3/t19-/m1/s1. The van der Waals surface area contributed by atoms with Crippen LogP contribution < -0.4 is 4.74 Å². The van der Waals surface area contributed by atoms with Crippen LogP contribution >= 0.6 is 0 Å². The fraction of sp³-hybridized carbons (Fsp3) is 0.300. The van der Waals surface area contributed by atoms with E-state index in [0.717, 1.165) is 6.42 Å². The highest BCUT2D eigenvalue weighted by Gasteiger charge is 2.38. The van der Waals surface area contributed by atoms with Crippen molar-refractivity contribution in [2.45, 2.75) is 37.1 Å². The molecule has 0 N–H and O–H groups in total. The Bertz CT molecular complexity index is 923. The van der Waals surface area contributed by atoms with Gasteiger partial charge in [0.25, 0.3) is 0 Å². The highest BCUT2D eigenvalue weighted by atomic mass is 32.2. The Morgan fingerprint density at radius 2 is 1.67 bits per heavy atom. The van der Waals surface area contributed by atoms with Crippen molar-refractivity contribution >= 4 is 21.8 Å². The van der Waals surface area contributed by atoms with Crippen molar-refractivity contribution in [3.05, 3.63) is 60.2 Å². The minimum atomic E-state index is -3.78. The molecule has 2 aromatic carbocycles. The summed E-state index contributed by atoms with van der Waals surface area (Å²) < 4.78 is 32.5. The molecule has 0 bridgehead atoms. The summed E-state index contributed by atoms with van der Waals surface area (Å²) in [5, 5.41) is 0. The Labute approximate surface area is 158 Å². The third-order valence-corrected chi connectivity index (χ3v) is 6.48. The molecule has 3 rings (SSSR count). The number of rotatable bonds is 5. The lowest BCUT2D eigenvalue weighted by Gasteiger charge is -2.32. The molecule has 1 saturated heterocycles. The van der Waals surface area contributed by atoms with Gasteiger partial charge in [-0.3, -0.25) is 4.79 Å². The van der Waals surface area contributed by atoms with Crippen LogP contribution in [0.15, 0.2) is 59.5 Å². The van der Waals surface area contributed by atoms with E-state index in [4.69, 9.17) is 4.74 Å². The van der Waals surface area contributed by atoms with Gasteiger partial charge < -0.3 is 4.74 Å². The van der Waals surface area contributed by atoms with E-state index >= 15 is 0 Å². The first kappa shape index (κ1) is 19.3. The monoisotopic (exact) mass is 387 g/mol. The number of piperidine rings is 1. The van der Waals surface area contributed by atoms with E-state index in [1.807, 2.05) is 0 Å². The average molecular weight is 387 g/mol. The third-order valence-electron chi connectivity index (χ3n) is 4.55. The first-order valence-electron chi connectivity index (χ1n) is 8.79. The van der Waals surface area contributed by atoms with Gasteiger partial charge in [0.1, 0.15) is 11.8 Å². The molecule has 0 aromatic heterocycles. The summed E-state index contributed by atoms with van der Waals surface area (Å²) in [5.41, 5.74) is 0.515. The van der Waals surface area contributed by atoms with Crippen LogP contribution in [0.2, 0.25) is 0 Å². The summed E-state index contributed by atoms with van der Waals surface area (Å²) in [6.07, 6.45) is 1.86. The van der Waals surface area contributed by atoms with E-state index in [-0.39, 0.29) is 23.0 Å². The molecule has 1 aliphatic rings. The topological polar surface area (TPSA) is 80.8 Å². The Hall–Kier alpha value is -2.51. The summed E-state index contributed by atoms with van der Waals surface area (Å²) >= 11 is 0. The maximum Gasteiger partial charge on any atom is 0.329 e. The molecule has 2 aromatic rings. The average Bonchev–Trinajstić information content (AvgIpc) is 2.69. The largest absolute Gasteiger partial charge is 0.425 e. The second-order valence-electron chi connectivity index (χ2n) is 6.44. The Morgan fingerprint density at radius 1 is 1.00 bits per heavy atom. The number of benzene rings is 2. The van der Waals surface area contributed by atoms with E-state index in [2.05, 4.69) is 0 Å². The molecule has 0 amide bonds. The molecule has 1 heterocycles. The van der Waals surface area contributed by atoms with E-state index < -0.39 is 22.0 Å². The zero-order chi connectivity index (χ0) is 19.4. The molecule has 27 heavy (non-hydrogen) atoms. The molecule has 7 heteroatoms. The van der Waals surface area contributed by atoms with Gasteiger partial charge in [-0.1, -0.05) is 18.2 Å². The molecule has 0 aliphatic carbocycles. The summed E-state index contributed by atoms with van der Waals surface area (Å²) in [6.45, 7) is 1.73. The van der Waals surface area contributed by atoms with Crippen molar-refractivity contribution in [3.8, 4) is 5.75 Å². The Balaban J connectivity index is 1.80. The summed E-state index contributed by atoms with van der Waals surface area (Å²) in [4.78, 5) is 24.2. The van der Waals surface area contributed by atoms with Crippen LogP contribution in [0.3, 0.4) is 0 Å². The zero-order valence-electron chi connectivity index (χ0n) is 15.0. The predicted octanol–water partition coefficient (Wildman–Crippen LogP) is 3.04. The fourth-order valence-electron chi connectivity index (χ4n) is 3.10. The molecule has 1 fully saturated rings. The zero-order valence-corrected chi connectivity index (χ0v) is 15.8. The lowest BCUT2D eigenvalue weighted by molar-refractivity contribution is -0.139. The minimum absolute atomic E-state index is 0.0831. The van der Waals surface area contributed by atoms with Crippen LogP contribution in [0.5, 0.6) is 5.75 Å². The number of hydrogen-bond acceptors (Lipinski definition) is 5. The Kier molecular flexibility index (Phi) is 5.72.